The van der Waals surface area contributed by atoms with Gasteiger partial charge in [-0.2, -0.15) is 0 Å². The van der Waals surface area contributed by atoms with Crippen molar-refractivity contribution in [2.24, 2.45) is 5.73 Å². The molecule has 0 aliphatic heterocycles. The van der Waals surface area contributed by atoms with Gasteiger partial charge in [-0.15, -0.1) is 19.8 Å². The van der Waals surface area contributed by atoms with Gasteiger partial charge in [-0.3, -0.25) is 4.79 Å². The SMILES string of the molecule is C=CCc1oc(CCOc2ccc(F)c(C(N)=O)c2F)nc1-c1ccc(OC(F)(F)F)cc1. The fourth-order valence-corrected chi connectivity index (χ4v) is 2.94. The first-order chi connectivity index (χ1) is 15.6. The van der Waals surface area contributed by atoms with Crippen LogP contribution in [-0.2, 0) is 12.8 Å². The summed E-state index contributed by atoms with van der Waals surface area (Å²) in [6, 6.07) is 6.95. The third-order valence-electron chi connectivity index (χ3n) is 4.31. The molecule has 0 saturated heterocycles. The zero-order valence-corrected chi connectivity index (χ0v) is 16.9. The maximum Gasteiger partial charge on any atom is 0.573 e. The molecule has 0 bridgehead atoms. The van der Waals surface area contributed by atoms with Crippen molar-refractivity contribution in [3.63, 3.8) is 0 Å². The number of aromatic nitrogens is 1. The summed E-state index contributed by atoms with van der Waals surface area (Å²) in [5.74, 6) is -3.74. The van der Waals surface area contributed by atoms with Gasteiger partial charge >= 0.3 is 6.36 Å². The summed E-state index contributed by atoms with van der Waals surface area (Å²) in [6.45, 7) is 3.50. The topological polar surface area (TPSA) is 87.6 Å². The van der Waals surface area contributed by atoms with Gasteiger partial charge in [0.05, 0.1) is 13.0 Å². The third-order valence-corrected chi connectivity index (χ3v) is 4.31. The highest BCUT2D eigenvalue weighted by Crippen LogP contribution is 2.29. The normalized spacial score (nSPS) is 11.3. The molecule has 6 nitrogen and oxygen atoms in total. The van der Waals surface area contributed by atoms with Crippen LogP contribution in [-0.4, -0.2) is 23.9 Å². The third kappa shape index (κ3) is 5.88. The number of amides is 1. The predicted octanol–water partition coefficient (Wildman–Crippen LogP) is 4.97. The number of hydrogen-bond acceptors (Lipinski definition) is 5. The van der Waals surface area contributed by atoms with E-state index in [1.54, 1.807) is 6.08 Å². The summed E-state index contributed by atoms with van der Waals surface area (Å²) in [7, 11) is 0. The van der Waals surface area contributed by atoms with Crippen LogP contribution in [0.15, 0.2) is 53.5 Å². The van der Waals surface area contributed by atoms with E-state index in [2.05, 4.69) is 16.3 Å². The van der Waals surface area contributed by atoms with Crippen LogP contribution < -0.4 is 15.2 Å². The Labute approximate surface area is 184 Å². The van der Waals surface area contributed by atoms with Gasteiger partial charge in [0.1, 0.15) is 28.6 Å². The minimum absolute atomic E-state index is 0.0716. The van der Waals surface area contributed by atoms with E-state index in [0.29, 0.717) is 23.4 Å². The van der Waals surface area contributed by atoms with E-state index in [0.717, 1.165) is 24.3 Å². The Hall–Kier alpha value is -3.89. The number of nitrogens with zero attached hydrogens (tertiary/aromatic N) is 1. The van der Waals surface area contributed by atoms with Gasteiger partial charge in [0.25, 0.3) is 5.91 Å². The van der Waals surface area contributed by atoms with Gasteiger partial charge < -0.3 is 19.6 Å². The molecule has 0 saturated carbocycles. The van der Waals surface area contributed by atoms with Gasteiger partial charge in [-0.1, -0.05) is 6.08 Å². The fraction of sp³-hybridized carbons (Fsp3) is 0.182. The number of halogens is 5. The van der Waals surface area contributed by atoms with Crippen molar-refractivity contribution in [1.29, 1.82) is 0 Å². The van der Waals surface area contributed by atoms with Gasteiger partial charge in [-0.05, 0) is 36.4 Å². The number of ether oxygens (including phenoxy) is 2. The highest BCUT2D eigenvalue weighted by Gasteiger charge is 2.31. The molecule has 2 aromatic carbocycles. The molecule has 0 atom stereocenters. The highest BCUT2D eigenvalue weighted by molar-refractivity contribution is 5.93. The molecule has 3 aromatic rings. The van der Waals surface area contributed by atoms with E-state index < -0.39 is 29.5 Å². The molecule has 2 N–H and O–H groups in total. The van der Waals surface area contributed by atoms with Crippen molar-refractivity contribution in [2.75, 3.05) is 6.61 Å². The van der Waals surface area contributed by atoms with Crippen LogP contribution in [0, 0.1) is 11.6 Å². The summed E-state index contributed by atoms with van der Waals surface area (Å²) in [5.41, 5.74) is 4.93. The summed E-state index contributed by atoms with van der Waals surface area (Å²) >= 11 is 0. The average molecular weight is 468 g/mol. The van der Waals surface area contributed by atoms with Gasteiger partial charge in [-0.25, -0.2) is 13.8 Å². The Morgan fingerprint density at radius 2 is 1.85 bits per heavy atom. The number of rotatable bonds is 9. The van der Waals surface area contributed by atoms with Gasteiger partial charge in [0.2, 0.25) is 0 Å². The number of benzene rings is 2. The zero-order chi connectivity index (χ0) is 24.2. The van der Waals surface area contributed by atoms with Crippen molar-refractivity contribution in [2.45, 2.75) is 19.2 Å². The second kappa shape index (κ2) is 9.72. The monoisotopic (exact) mass is 468 g/mol. The van der Waals surface area contributed by atoms with Gasteiger partial charge in [0.15, 0.2) is 17.5 Å². The first-order valence-electron chi connectivity index (χ1n) is 9.45. The Bertz CT molecular complexity index is 1160. The second-order valence-corrected chi connectivity index (χ2v) is 6.64. The lowest BCUT2D eigenvalue weighted by atomic mass is 10.1. The number of primary amides is 1. The fourth-order valence-electron chi connectivity index (χ4n) is 2.94. The van der Waals surface area contributed by atoms with Crippen LogP contribution >= 0.6 is 0 Å². The predicted molar refractivity (Wildman–Crippen MR) is 107 cm³/mol. The van der Waals surface area contributed by atoms with Crippen LogP contribution in [0.4, 0.5) is 22.0 Å². The van der Waals surface area contributed by atoms with Crippen molar-refractivity contribution >= 4 is 5.91 Å². The molecule has 0 aliphatic carbocycles. The van der Waals surface area contributed by atoms with E-state index in [4.69, 9.17) is 14.9 Å². The number of carbonyl (C=O) groups is 1. The molecule has 0 spiro atoms. The summed E-state index contributed by atoms with van der Waals surface area (Å²) in [5, 5.41) is 0. The maximum atomic E-state index is 14.2. The van der Waals surface area contributed by atoms with Gasteiger partial charge in [0, 0.05) is 12.0 Å². The Morgan fingerprint density at radius 3 is 2.45 bits per heavy atom. The lowest BCUT2D eigenvalue weighted by molar-refractivity contribution is -0.274. The van der Waals surface area contributed by atoms with E-state index in [1.807, 2.05) is 0 Å². The molecule has 174 valence electrons. The molecule has 33 heavy (non-hydrogen) atoms. The van der Waals surface area contributed by atoms with Crippen LogP contribution in [0.1, 0.15) is 22.0 Å². The minimum atomic E-state index is -4.81. The first kappa shape index (κ1) is 23.8. The molecule has 1 amide bonds. The molecular formula is C22H17F5N2O4. The molecule has 1 aromatic heterocycles. The number of allylic oxidation sites excluding steroid dienone is 1. The molecule has 1 heterocycles. The Morgan fingerprint density at radius 1 is 1.15 bits per heavy atom. The summed E-state index contributed by atoms with van der Waals surface area (Å²) < 4.78 is 79.6. The van der Waals surface area contributed by atoms with Crippen LogP contribution in [0.5, 0.6) is 11.5 Å². The van der Waals surface area contributed by atoms with E-state index in [1.165, 1.54) is 12.1 Å². The van der Waals surface area contributed by atoms with Crippen LogP contribution in [0.2, 0.25) is 0 Å². The average Bonchev–Trinajstić information content (AvgIpc) is 3.12. The lowest BCUT2D eigenvalue weighted by Gasteiger charge is -2.09. The van der Waals surface area contributed by atoms with Crippen LogP contribution in [0.3, 0.4) is 0 Å². The molecule has 0 radical (unpaired) electrons. The van der Waals surface area contributed by atoms with Crippen LogP contribution in [0.25, 0.3) is 11.3 Å². The standard InChI is InChI=1S/C22H17F5N2O4/c1-2-3-16-20(12-4-6-13(7-5-12)33-22(25,26)27)29-17(32-16)10-11-31-15-9-8-14(23)18(19(15)24)21(28)30/h2,4-9H,1,3,10-11H2,(H2,28,30). The van der Waals surface area contributed by atoms with E-state index >= 15 is 0 Å². The molecule has 0 aliphatic rings. The van der Waals surface area contributed by atoms with Crippen molar-refractivity contribution < 1.29 is 40.6 Å². The van der Waals surface area contributed by atoms with Crippen molar-refractivity contribution in [1.82, 2.24) is 4.98 Å². The molecule has 0 fully saturated rings. The number of oxazole rings is 1. The van der Waals surface area contributed by atoms with E-state index in [-0.39, 0.29) is 30.4 Å². The zero-order valence-electron chi connectivity index (χ0n) is 16.9. The smallest absolute Gasteiger partial charge is 0.490 e. The molecule has 0 unspecified atom stereocenters. The Kier molecular flexibility index (Phi) is 7.00. The number of nitrogens with two attached hydrogens (primary N) is 1. The summed E-state index contributed by atoms with van der Waals surface area (Å²) in [4.78, 5) is 15.5. The Balaban J connectivity index is 1.74. The quantitative estimate of drug-likeness (QED) is 0.354. The van der Waals surface area contributed by atoms with Crippen molar-refractivity contribution in [3.8, 4) is 22.8 Å². The highest BCUT2D eigenvalue weighted by atomic mass is 19.4. The second-order valence-electron chi connectivity index (χ2n) is 6.64. The number of hydrogen-bond donors (Lipinski definition) is 1. The molecule has 3 rings (SSSR count). The molecular weight excluding hydrogens is 451 g/mol. The summed E-state index contributed by atoms with van der Waals surface area (Å²) in [6.07, 6.45) is -2.88. The lowest BCUT2D eigenvalue weighted by Crippen LogP contribution is -2.16. The first-order valence-corrected chi connectivity index (χ1v) is 9.45. The molecule has 11 heteroatoms. The van der Waals surface area contributed by atoms with E-state index in [9.17, 15) is 26.7 Å². The number of alkyl halides is 3. The maximum absolute atomic E-state index is 14.2. The number of carbonyl (C=O) groups excluding carboxylic acids is 1. The van der Waals surface area contributed by atoms with Crippen molar-refractivity contribution in [3.05, 3.63) is 77.9 Å². The minimum Gasteiger partial charge on any atom is -0.490 e. The largest absolute Gasteiger partial charge is 0.573 e.